The van der Waals surface area contributed by atoms with E-state index in [2.05, 4.69) is 19.8 Å². The van der Waals surface area contributed by atoms with E-state index in [1.54, 1.807) is 7.11 Å². The van der Waals surface area contributed by atoms with E-state index in [4.69, 9.17) is 9.72 Å². The summed E-state index contributed by atoms with van der Waals surface area (Å²) in [6.45, 7) is 4.06. The fourth-order valence-electron chi connectivity index (χ4n) is 2.74. The Morgan fingerprint density at radius 2 is 1.38 bits per heavy atom. The Morgan fingerprint density at radius 3 is 1.95 bits per heavy atom. The standard InChI is InChI=1S/C14H23N5OS/c1-20-14-16-12(18-6-4-2-3-5-7-18)15-13(17-14)19-8-10-21-11-9-19/h2-11H2,1H3. The molecular formula is C14H23N5OS. The Morgan fingerprint density at radius 1 is 0.810 bits per heavy atom. The van der Waals surface area contributed by atoms with Crippen LogP contribution < -0.4 is 14.5 Å². The average Bonchev–Trinajstić information content (AvgIpc) is 2.84. The number of anilines is 2. The van der Waals surface area contributed by atoms with Gasteiger partial charge in [0.1, 0.15) is 0 Å². The van der Waals surface area contributed by atoms with E-state index in [9.17, 15) is 0 Å². The minimum absolute atomic E-state index is 0.428. The molecule has 0 atom stereocenters. The van der Waals surface area contributed by atoms with E-state index in [1.807, 2.05) is 11.8 Å². The van der Waals surface area contributed by atoms with Crippen LogP contribution in [0.5, 0.6) is 6.01 Å². The summed E-state index contributed by atoms with van der Waals surface area (Å²) in [7, 11) is 1.62. The number of thioether (sulfide) groups is 1. The molecule has 3 heterocycles. The first-order chi connectivity index (χ1) is 10.4. The monoisotopic (exact) mass is 309 g/mol. The van der Waals surface area contributed by atoms with Crippen molar-refractivity contribution in [3.63, 3.8) is 0 Å². The van der Waals surface area contributed by atoms with E-state index < -0.39 is 0 Å². The molecule has 7 heteroatoms. The van der Waals surface area contributed by atoms with Gasteiger partial charge in [-0.1, -0.05) is 12.8 Å². The number of ether oxygens (including phenoxy) is 1. The molecule has 2 fully saturated rings. The summed E-state index contributed by atoms with van der Waals surface area (Å²) >= 11 is 1.98. The Labute approximate surface area is 130 Å². The van der Waals surface area contributed by atoms with Gasteiger partial charge in [-0.05, 0) is 12.8 Å². The number of hydrogen-bond acceptors (Lipinski definition) is 7. The molecule has 1 aromatic rings. The van der Waals surface area contributed by atoms with Crippen LogP contribution in [0.1, 0.15) is 25.7 Å². The Balaban J connectivity index is 1.84. The molecule has 0 unspecified atom stereocenters. The Bertz CT molecular complexity index is 459. The summed E-state index contributed by atoms with van der Waals surface area (Å²) in [5, 5.41) is 0. The average molecular weight is 309 g/mol. The van der Waals surface area contributed by atoms with Gasteiger partial charge >= 0.3 is 6.01 Å². The molecule has 3 rings (SSSR count). The molecule has 0 aliphatic carbocycles. The van der Waals surface area contributed by atoms with Crippen LogP contribution in [0, 0.1) is 0 Å². The highest BCUT2D eigenvalue weighted by Gasteiger charge is 2.20. The van der Waals surface area contributed by atoms with Crippen molar-refractivity contribution in [2.24, 2.45) is 0 Å². The lowest BCUT2D eigenvalue weighted by molar-refractivity contribution is 0.378. The lowest BCUT2D eigenvalue weighted by Gasteiger charge is -2.28. The number of aromatic nitrogens is 3. The zero-order valence-electron chi connectivity index (χ0n) is 12.6. The largest absolute Gasteiger partial charge is 0.467 e. The fourth-order valence-corrected chi connectivity index (χ4v) is 3.65. The second kappa shape index (κ2) is 7.15. The van der Waals surface area contributed by atoms with Crippen molar-refractivity contribution in [2.75, 3.05) is 54.6 Å². The maximum absolute atomic E-state index is 5.29. The quantitative estimate of drug-likeness (QED) is 0.844. The van der Waals surface area contributed by atoms with Gasteiger partial charge in [0.05, 0.1) is 7.11 Å². The first-order valence-electron chi connectivity index (χ1n) is 7.74. The lowest BCUT2D eigenvalue weighted by atomic mass is 10.2. The van der Waals surface area contributed by atoms with Crippen LogP contribution in [-0.2, 0) is 0 Å². The van der Waals surface area contributed by atoms with Crippen molar-refractivity contribution < 1.29 is 4.74 Å². The molecule has 1 aromatic heterocycles. The van der Waals surface area contributed by atoms with Crippen molar-refractivity contribution in [1.29, 1.82) is 0 Å². The maximum Gasteiger partial charge on any atom is 0.322 e. The van der Waals surface area contributed by atoms with E-state index in [0.29, 0.717) is 6.01 Å². The van der Waals surface area contributed by atoms with Crippen molar-refractivity contribution in [3.8, 4) is 6.01 Å². The van der Waals surface area contributed by atoms with Crippen molar-refractivity contribution in [2.45, 2.75) is 25.7 Å². The molecule has 21 heavy (non-hydrogen) atoms. The van der Waals surface area contributed by atoms with Gasteiger partial charge in [0.25, 0.3) is 0 Å². The predicted octanol–water partition coefficient (Wildman–Crippen LogP) is 1.81. The van der Waals surface area contributed by atoms with Gasteiger partial charge in [-0.3, -0.25) is 0 Å². The van der Waals surface area contributed by atoms with Gasteiger partial charge in [-0.25, -0.2) is 0 Å². The minimum atomic E-state index is 0.428. The highest BCUT2D eigenvalue weighted by Crippen LogP contribution is 2.22. The fraction of sp³-hybridized carbons (Fsp3) is 0.786. The van der Waals surface area contributed by atoms with Gasteiger partial charge in [0, 0.05) is 37.7 Å². The summed E-state index contributed by atoms with van der Waals surface area (Å²) in [6, 6.07) is 0.428. The molecule has 2 saturated heterocycles. The van der Waals surface area contributed by atoms with Crippen LogP contribution in [0.2, 0.25) is 0 Å². The molecule has 6 nitrogen and oxygen atoms in total. The van der Waals surface area contributed by atoms with Gasteiger partial charge in [-0.2, -0.15) is 26.7 Å². The highest BCUT2D eigenvalue weighted by atomic mass is 32.2. The smallest absolute Gasteiger partial charge is 0.322 e. The van der Waals surface area contributed by atoms with Crippen molar-refractivity contribution in [1.82, 2.24) is 15.0 Å². The summed E-state index contributed by atoms with van der Waals surface area (Å²) < 4.78 is 5.29. The Hall–Kier alpha value is -1.24. The second-order valence-corrected chi connectivity index (χ2v) is 6.65. The van der Waals surface area contributed by atoms with Crippen molar-refractivity contribution >= 4 is 23.7 Å². The first kappa shape index (κ1) is 14.7. The van der Waals surface area contributed by atoms with Crippen LogP contribution >= 0.6 is 11.8 Å². The summed E-state index contributed by atoms with van der Waals surface area (Å²) in [4.78, 5) is 18.1. The zero-order valence-corrected chi connectivity index (χ0v) is 13.4. The molecule has 0 spiro atoms. The van der Waals surface area contributed by atoms with E-state index in [-0.39, 0.29) is 0 Å². The molecule has 0 aromatic carbocycles. The SMILES string of the molecule is COc1nc(N2CCCCCC2)nc(N2CCSCC2)n1. The molecule has 2 aliphatic heterocycles. The van der Waals surface area contributed by atoms with E-state index in [1.165, 1.54) is 25.7 Å². The third-order valence-electron chi connectivity index (χ3n) is 3.96. The molecule has 0 radical (unpaired) electrons. The lowest BCUT2D eigenvalue weighted by Crippen LogP contribution is -2.35. The molecule has 2 aliphatic rings. The van der Waals surface area contributed by atoms with Crippen LogP contribution in [0.25, 0.3) is 0 Å². The molecule has 0 N–H and O–H groups in total. The number of nitrogens with zero attached hydrogens (tertiary/aromatic N) is 5. The topological polar surface area (TPSA) is 54.4 Å². The summed E-state index contributed by atoms with van der Waals surface area (Å²) in [6.07, 6.45) is 5.03. The molecule has 116 valence electrons. The molecular weight excluding hydrogens is 286 g/mol. The first-order valence-corrected chi connectivity index (χ1v) is 8.90. The molecule has 0 bridgehead atoms. The third-order valence-corrected chi connectivity index (χ3v) is 4.90. The molecule has 0 amide bonds. The number of hydrogen-bond donors (Lipinski definition) is 0. The van der Waals surface area contributed by atoms with Gasteiger partial charge in [-0.15, -0.1) is 0 Å². The van der Waals surface area contributed by atoms with E-state index in [0.717, 1.165) is 49.6 Å². The zero-order chi connectivity index (χ0) is 14.5. The minimum Gasteiger partial charge on any atom is -0.467 e. The summed E-state index contributed by atoms with van der Waals surface area (Å²) in [5.41, 5.74) is 0. The normalized spacial score (nSPS) is 20.2. The van der Waals surface area contributed by atoms with E-state index >= 15 is 0 Å². The van der Waals surface area contributed by atoms with Gasteiger partial charge < -0.3 is 14.5 Å². The third kappa shape index (κ3) is 3.70. The van der Waals surface area contributed by atoms with Gasteiger partial charge in [0.2, 0.25) is 11.9 Å². The van der Waals surface area contributed by atoms with Crippen molar-refractivity contribution in [3.05, 3.63) is 0 Å². The Kier molecular flexibility index (Phi) is 5.00. The second-order valence-electron chi connectivity index (χ2n) is 5.42. The van der Waals surface area contributed by atoms with Gasteiger partial charge in [0.15, 0.2) is 0 Å². The van der Waals surface area contributed by atoms with Crippen LogP contribution in [0.4, 0.5) is 11.9 Å². The van der Waals surface area contributed by atoms with Crippen LogP contribution in [0.3, 0.4) is 0 Å². The maximum atomic E-state index is 5.29. The highest BCUT2D eigenvalue weighted by molar-refractivity contribution is 7.99. The van der Waals surface area contributed by atoms with Crippen LogP contribution in [0.15, 0.2) is 0 Å². The number of methoxy groups -OCH3 is 1. The number of rotatable bonds is 3. The summed E-state index contributed by atoms with van der Waals surface area (Å²) in [5.74, 6) is 3.80. The van der Waals surface area contributed by atoms with Crippen LogP contribution in [-0.4, -0.2) is 59.7 Å². The predicted molar refractivity (Wildman–Crippen MR) is 86.6 cm³/mol. The molecule has 0 saturated carbocycles.